The summed E-state index contributed by atoms with van der Waals surface area (Å²) in [5.74, 6) is -10.6. The van der Waals surface area contributed by atoms with Crippen LogP contribution in [-0.2, 0) is 263 Å². The molecule has 8 rings (SSSR count). The van der Waals surface area contributed by atoms with E-state index in [1.807, 2.05) is 0 Å². The Hall–Kier alpha value is -4.77. The van der Waals surface area contributed by atoms with Gasteiger partial charge < -0.3 is 137 Å². The van der Waals surface area contributed by atoms with Gasteiger partial charge in [0.05, 0.1) is 26.4 Å². The van der Waals surface area contributed by atoms with Crippen LogP contribution >= 0.6 is 0 Å². The highest BCUT2D eigenvalue weighted by atomic mass is 32.3. The first-order valence-electron chi connectivity index (χ1n) is 37.1. The summed E-state index contributed by atoms with van der Waals surface area (Å²) in [5.41, 5.74) is 0. The minimum Gasteiger partial charge on any atom is -0.479 e. The molecule has 8 heterocycles. The fourth-order valence-corrected chi connectivity index (χ4v) is 20.4. The molecule has 84 nitrogen and oxygen atoms in total. The topological polar surface area (TPSA) is 1310 Å². The number of rotatable bonds is 48. The molecule has 40 atom stereocenters. The summed E-state index contributed by atoms with van der Waals surface area (Å²) in [6.07, 6.45) is -119. The molecule has 0 radical (unpaired) electrons. The van der Waals surface area contributed by atoms with Crippen LogP contribution < -0.4 is 18.9 Å². The Morgan fingerprint density at radius 2 is 0.414 bits per heavy atom. The Morgan fingerprint density at radius 1 is 0.207 bits per heavy atom. The number of carbonyl (C=O) groups is 4. The van der Waals surface area contributed by atoms with E-state index in [4.69, 9.17) is 70.9 Å². The van der Waals surface area contributed by atoms with Crippen molar-refractivity contribution in [1.82, 2.24) is 18.9 Å². The quantitative estimate of drug-likeness (QED) is 0.0252. The fourth-order valence-electron chi connectivity index (χ4n) is 14.3. The average molecular weight is 2410 g/mol. The van der Waals surface area contributed by atoms with Crippen LogP contribution in [0.4, 0.5) is 0 Å². The van der Waals surface area contributed by atoms with Crippen molar-refractivity contribution in [3.63, 3.8) is 0 Å². The van der Waals surface area contributed by atoms with Crippen molar-refractivity contribution in [2.75, 3.05) is 26.4 Å². The fraction of sp³-hybridized carbons (Fsp3) is 0.917. The van der Waals surface area contributed by atoms with E-state index in [1.54, 1.807) is 0 Å². The Labute approximate surface area is 807 Å². The van der Waals surface area contributed by atoms with E-state index >= 15 is 0 Å². The maximum Gasteiger partial charge on any atom is 0.397 e. The normalized spacial score (nSPS) is 38.8. The SMILES string of the molecule is O=C(O)[C@@H]1O[C@@H](O)[C@H](OS(=O)(=O)O)[C@@H](O)[C@@H]1O[C@H]1O[C@H](COS(=O)(=O)O)[C@@H](O[C@@H]2O[C@@H](C(=O)O)[C@@H](O[C@H]3O[C@H](COS(=O)(=O)O)[C@@H](O[C@@H]4O[C@@H](C(=O)O)[C@@H](O[C@H]5O[C@H](COS(=O)(=O)O)[C@@H](O[C@@H]6O[C@@H](C(=O)O)[C@@H](O[C@H]7O[C@H](COS(=O)(=O)O)[C@@H](O)[C@H](O)[C@H]7NS(=O)(=O)O)[C@H](O)[C@H]6OS(=O)(=O)O)[C@H](OS(=O)(=O)O)[C@H]5NS(=O)(=O)O)[C@H](O)[C@H]4OS(=O)(=O)O)[C@H](O)[C@H]3NS(=O)(=O)O)[C@H](O)[C@H]2OS(=O)(=O)O)[C@H](O)[C@H]1NS(=O)(=O)O. The Bertz CT molecular complexity index is 6180. The number of hydrogen-bond donors (Lipinski definition) is 30. The molecule has 0 aliphatic carbocycles. The number of aliphatic hydroxyl groups is 9. The maximum atomic E-state index is 13.6. The second-order valence-corrected chi connectivity index (χ2v) is 44.0. The van der Waals surface area contributed by atoms with Gasteiger partial charge in [0.25, 0.3) is 0 Å². The maximum absolute atomic E-state index is 13.6. The molecule has 8 aliphatic rings. The van der Waals surface area contributed by atoms with E-state index in [9.17, 15) is 250 Å². The van der Waals surface area contributed by atoms with Crippen molar-refractivity contribution >= 4 is 159 Å². The standard InChI is InChI=1S/C48H78N4O80S13/c53-13-5(1-109-137(82,83)84)113-42(9(14(13)54)49-133(70,71)72)122-26-19(59)32(132-145(106,107)108)48(127-35(26)39(65)66)120-23-8(4-112-140(91,92)93)116-45(12(52-136(79,80)81)24(23)128-141(94,95)96)124-28-20(60)31(131-144(103,104)105)47(126-36(28)40(67)68)119-22-7(3-111-139(88,89)90)115-44(11(16(22)56)51-135(76,77)78)123-27-18(58)30(130-143(100,101)102)46(125-34(27)38(63)64)118-21-6(2-110-138(85,86)87)114-43(10(15(21)55)50-134(73,74)75)121-25-17(57)29(129-142(97,98)99)41(69)117-33(25)37(61)62/h5-36,41-60,69H,1-4H2,(H,61,62)(H,63,64)(H,65,66)(H,67,68)(H,70,71,72)(H,73,74,75)(H,76,77,78)(H,79,80,81)(H,82,83,84)(H,85,86,87)(H,88,89,90)(H,91,92,93)(H,94,95,96)(H,97,98,99)(H,100,101,102)(H,103,104,105)(H,106,107,108)/t5-,6-,7-,8-,9-,10-,11-,12-,13-,14-,15-,16-,17+,18+,19+,20+,21-,22-,23-,24-,25+,26+,27+,28+,29-,30-,31-,32-,33-,34-,35-,36-,41-,42-,43-,44-,45-,46-,47-,48-/m1/s1. The molecular weight excluding hydrogens is 2330 g/mol. The number of nitrogens with one attached hydrogen (secondary N) is 4. The zero-order valence-corrected chi connectivity index (χ0v) is 79.5. The van der Waals surface area contributed by atoms with E-state index in [0.717, 1.165) is 18.9 Å². The molecule has 0 spiro atoms. The summed E-state index contributed by atoms with van der Waals surface area (Å²) in [7, 11) is -80.9. The summed E-state index contributed by atoms with van der Waals surface area (Å²) >= 11 is 0. The molecule has 0 bridgehead atoms. The van der Waals surface area contributed by atoms with E-state index < -0.39 is 431 Å². The van der Waals surface area contributed by atoms with Crippen molar-refractivity contribution < 1.29 is 363 Å². The summed E-state index contributed by atoms with van der Waals surface area (Å²) in [6.45, 7) is -8.26. The first kappa shape index (κ1) is 125. The summed E-state index contributed by atoms with van der Waals surface area (Å²) in [4.78, 5) is 52.5. The van der Waals surface area contributed by atoms with E-state index in [0.29, 0.717) is 0 Å². The van der Waals surface area contributed by atoms with Crippen LogP contribution in [0.3, 0.4) is 0 Å². The van der Waals surface area contributed by atoms with Crippen LogP contribution in [0, 0.1) is 0 Å². The van der Waals surface area contributed by atoms with Crippen LogP contribution in [0.25, 0.3) is 0 Å². The highest BCUT2D eigenvalue weighted by Gasteiger charge is 2.66. The number of ether oxygens (including phenoxy) is 15. The number of carboxylic acids is 4. The van der Waals surface area contributed by atoms with Crippen molar-refractivity contribution in [2.45, 2.75) is 245 Å². The van der Waals surface area contributed by atoms with Gasteiger partial charge in [-0.15, -0.1) is 0 Å². The predicted molar refractivity (Wildman–Crippen MR) is 410 cm³/mol. The molecule has 0 aromatic heterocycles. The molecule has 8 fully saturated rings. The monoisotopic (exact) mass is 2410 g/mol. The van der Waals surface area contributed by atoms with Gasteiger partial charge in [-0.1, -0.05) is 0 Å². The smallest absolute Gasteiger partial charge is 0.397 e. The highest BCUT2D eigenvalue weighted by molar-refractivity contribution is 7.85. The third kappa shape index (κ3) is 36.4. The second-order valence-electron chi connectivity index (χ2n) is 29.6. The largest absolute Gasteiger partial charge is 0.479 e. The van der Waals surface area contributed by atoms with Gasteiger partial charge in [0.15, 0.2) is 99.2 Å². The van der Waals surface area contributed by atoms with Gasteiger partial charge in [0.2, 0.25) is 0 Å². The van der Waals surface area contributed by atoms with Gasteiger partial charge in [-0.25, -0.2) is 56.8 Å². The molecule has 0 saturated carbocycles. The van der Waals surface area contributed by atoms with Crippen molar-refractivity contribution in [2.24, 2.45) is 0 Å². The Morgan fingerprint density at radius 3 is 0.676 bits per heavy atom. The van der Waals surface area contributed by atoms with Gasteiger partial charge in [-0.2, -0.15) is 128 Å². The van der Waals surface area contributed by atoms with Crippen LogP contribution in [0.15, 0.2) is 0 Å². The molecule has 8 saturated heterocycles. The molecule has 97 heteroatoms. The Balaban J connectivity index is 1.18. The van der Waals surface area contributed by atoms with Crippen molar-refractivity contribution in [3.05, 3.63) is 0 Å². The van der Waals surface area contributed by atoms with Gasteiger partial charge in [0.1, 0.15) is 146 Å². The summed E-state index contributed by atoms with van der Waals surface area (Å²) in [5, 5.41) is 145. The number of carboxylic acid groups (broad SMARTS) is 4. The van der Waals surface area contributed by atoms with Crippen LogP contribution in [0.2, 0.25) is 0 Å². The molecule has 0 aromatic carbocycles. The van der Waals surface area contributed by atoms with Crippen LogP contribution in [0.5, 0.6) is 0 Å². The zero-order chi connectivity index (χ0) is 111. The van der Waals surface area contributed by atoms with Crippen molar-refractivity contribution in [3.8, 4) is 0 Å². The van der Waals surface area contributed by atoms with E-state index in [1.165, 1.54) is 0 Å². The third-order valence-electron chi connectivity index (χ3n) is 19.6. The first-order chi connectivity index (χ1) is 65.5. The molecule has 145 heavy (non-hydrogen) atoms. The molecule has 30 N–H and O–H groups in total. The number of aliphatic carboxylic acids is 4. The van der Waals surface area contributed by atoms with Gasteiger partial charge in [-0.05, 0) is 0 Å². The van der Waals surface area contributed by atoms with Crippen LogP contribution in [0.1, 0.15) is 0 Å². The number of aliphatic hydroxyl groups excluding tert-OH is 9. The molecular formula is C48H78N4O80S13. The minimum absolute atomic E-state index is 0.931. The average Bonchev–Trinajstić information content (AvgIpc) is 0.751. The lowest BCUT2D eigenvalue weighted by Gasteiger charge is -2.51. The molecule has 0 unspecified atom stereocenters. The number of hydrogen-bond acceptors (Lipinski definition) is 63. The van der Waals surface area contributed by atoms with Crippen LogP contribution in [-0.4, -0.2) is 531 Å². The summed E-state index contributed by atoms with van der Waals surface area (Å²) in [6, 6.07) is -13.0. The second kappa shape index (κ2) is 47.3. The minimum atomic E-state index is -6.72. The molecule has 0 aromatic rings. The highest BCUT2D eigenvalue weighted by Crippen LogP contribution is 2.43. The van der Waals surface area contributed by atoms with Gasteiger partial charge >= 0.3 is 159 Å². The predicted octanol–water partition coefficient (Wildman–Crippen LogP) is -22.0. The van der Waals surface area contributed by atoms with Gasteiger partial charge in [-0.3, -0.25) is 59.2 Å². The van der Waals surface area contributed by atoms with Crippen molar-refractivity contribution in [1.29, 1.82) is 0 Å². The zero-order valence-electron chi connectivity index (χ0n) is 68.9. The lowest BCUT2D eigenvalue weighted by Crippen LogP contribution is -2.72. The lowest BCUT2D eigenvalue weighted by molar-refractivity contribution is -0.378. The first-order valence-corrected chi connectivity index (χ1v) is 55.1. The summed E-state index contributed by atoms with van der Waals surface area (Å²) < 4.78 is 573. The molecule has 848 valence electrons. The lowest BCUT2D eigenvalue weighted by atomic mass is 9.94. The third-order valence-corrected chi connectivity index (χ3v) is 26.0. The van der Waals surface area contributed by atoms with Gasteiger partial charge in [0, 0.05) is 0 Å². The molecule has 8 aliphatic heterocycles. The Kier molecular flexibility index (Phi) is 40.9. The molecule has 0 amide bonds. The van der Waals surface area contributed by atoms with E-state index in [2.05, 4.69) is 42.4 Å². The van der Waals surface area contributed by atoms with E-state index in [-0.39, 0.29) is 0 Å².